The van der Waals surface area contributed by atoms with Gasteiger partial charge in [0, 0.05) is 18.8 Å². The normalized spacial score (nSPS) is 22.9. The quantitative estimate of drug-likeness (QED) is 0.882. The number of aromatic nitrogens is 1. The van der Waals surface area contributed by atoms with Crippen LogP contribution in [-0.2, 0) is 6.42 Å². The van der Waals surface area contributed by atoms with Gasteiger partial charge in [-0.05, 0) is 38.3 Å². The minimum absolute atomic E-state index is 0.267. The number of carboxylic acids is 1. The summed E-state index contributed by atoms with van der Waals surface area (Å²) in [5, 5.41) is 19.4. The second-order valence-electron chi connectivity index (χ2n) is 5.78. The Kier molecular flexibility index (Phi) is 4.28. The summed E-state index contributed by atoms with van der Waals surface area (Å²) in [5.41, 5.74) is 0.334. The molecule has 0 amide bonds. The van der Waals surface area contributed by atoms with E-state index in [0.717, 1.165) is 37.9 Å². The van der Waals surface area contributed by atoms with E-state index in [1.165, 1.54) is 0 Å². The zero-order valence-electron chi connectivity index (χ0n) is 12.1. The summed E-state index contributed by atoms with van der Waals surface area (Å²) in [5.74, 6) is -0.275. The fraction of sp³-hybridized carbons (Fsp3) is 0.600. The molecule has 110 valence electrons. The van der Waals surface area contributed by atoms with E-state index in [1.54, 1.807) is 12.1 Å². The molecule has 0 saturated carbocycles. The first kappa shape index (κ1) is 14.8. The van der Waals surface area contributed by atoms with Crippen molar-refractivity contribution in [1.29, 1.82) is 0 Å². The van der Waals surface area contributed by atoms with Gasteiger partial charge in [-0.2, -0.15) is 0 Å². The van der Waals surface area contributed by atoms with Crippen LogP contribution >= 0.6 is 0 Å². The van der Waals surface area contributed by atoms with Crippen molar-refractivity contribution in [3.05, 3.63) is 23.4 Å². The molecular weight excluding hydrogens is 256 g/mol. The van der Waals surface area contributed by atoms with Crippen LogP contribution in [0.3, 0.4) is 0 Å². The van der Waals surface area contributed by atoms with Crippen molar-refractivity contribution in [1.82, 2.24) is 4.98 Å². The van der Waals surface area contributed by atoms with Crippen LogP contribution in [0.2, 0.25) is 0 Å². The first-order valence-corrected chi connectivity index (χ1v) is 7.13. The Balaban J connectivity index is 2.32. The number of nitrogens with zero attached hydrogens (tertiary/aromatic N) is 2. The van der Waals surface area contributed by atoms with Crippen LogP contribution in [0.4, 0.5) is 5.82 Å². The van der Waals surface area contributed by atoms with Crippen molar-refractivity contribution in [3.8, 4) is 0 Å². The highest BCUT2D eigenvalue weighted by Crippen LogP contribution is 2.25. The highest BCUT2D eigenvalue weighted by molar-refractivity contribution is 5.88. The van der Waals surface area contributed by atoms with Crippen molar-refractivity contribution in [2.75, 3.05) is 18.0 Å². The molecule has 0 spiro atoms. The van der Waals surface area contributed by atoms with E-state index in [9.17, 15) is 15.0 Å². The SMILES string of the molecule is CCCc1cc(C(=O)O)cc(N2CCCC(C)(O)C2)n1. The number of aromatic carboxylic acids is 1. The molecule has 2 rings (SSSR count). The van der Waals surface area contributed by atoms with Crippen molar-refractivity contribution in [3.63, 3.8) is 0 Å². The molecule has 0 aliphatic carbocycles. The van der Waals surface area contributed by atoms with Crippen molar-refractivity contribution < 1.29 is 15.0 Å². The van der Waals surface area contributed by atoms with Gasteiger partial charge in [0.1, 0.15) is 5.82 Å². The molecule has 0 radical (unpaired) electrons. The molecule has 1 aromatic heterocycles. The fourth-order valence-electron chi connectivity index (χ4n) is 2.66. The molecule has 5 nitrogen and oxygen atoms in total. The Bertz CT molecular complexity index is 500. The zero-order valence-corrected chi connectivity index (χ0v) is 12.1. The Labute approximate surface area is 119 Å². The number of pyridine rings is 1. The van der Waals surface area contributed by atoms with Crippen molar-refractivity contribution >= 4 is 11.8 Å². The van der Waals surface area contributed by atoms with E-state index in [-0.39, 0.29) is 5.56 Å². The highest BCUT2D eigenvalue weighted by atomic mass is 16.4. The number of anilines is 1. The lowest BCUT2D eigenvalue weighted by atomic mass is 9.95. The van der Waals surface area contributed by atoms with E-state index in [1.807, 2.05) is 18.7 Å². The summed E-state index contributed by atoms with van der Waals surface area (Å²) in [7, 11) is 0. The number of aryl methyl sites for hydroxylation is 1. The van der Waals surface area contributed by atoms with Gasteiger partial charge in [0.25, 0.3) is 0 Å². The Morgan fingerprint density at radius 2 is 2.25 bits per heavy atom. The van der Waals surface area contributed by atoms with Crippen LogP contribution in [0.15, 0.2) is 12.1 Å². The fourth-order valence-corrected chi connectivity index (χ4v) is 2.66. The van der Waals surface area contributed by atoms with Crippen LogP contribution in [0.5, 0.6) is 0 Å². The summed E-state index contributed by atoms with van der Waals surface area (Å²) in [6, 6.07) is 3.24. The van der Waals surface area contributed by atoms with Gasteiger partial charge in [0.15, 0.2) is 0 Å². The molecule has 1 fully saturated rings. The summed E-state index contributed by atoms with van der Waals surface area (Å²) >= 11 is 0. The maximum Gasteiger partial charge on any atom is 0.335 e. The number of aliphatic hydroxyl groups is 1. The number of piperidine rings is 1. The Morgan fingerprint density at radius 3 is 2.85 bits per heavy atom. The van der Waals surface area contributed by atoms with Gasteiger partial charge in [0.2, 0.25) is 0 Å². The second-order valence-corrected chi connectivity index (χ2v) is 5.78. The predicted molar refractivity (Wildman–Crippen MR) is 77.3 cm³/mol. The molecule has 0 bridgehead atoms. The highest BCUT2D eigenvalue weighted by Gasteiger charge is 2.29. The van der Waals surface area contributed by atoms with Crippen molar-refractivity contribution in [2.45, 2.75) is 45.1 Å². The van der Waals surface area contributed by atoms with Gasteiger partial charge >= 0.3 is 5.97 Å². The second kappa shape index (κ2) is 5.79. The third-order valence-electron chi connectivity index (χ3n) is 3.62. The summed E-state index contributed by atoms with van der Waals surface area (Å²) in [6.07, 6.45) is 3.34. The first-order valence-electron chi connectivity index (χ1n) is 7.13. The van der Waals surface area contributed by atoms with E-state index in [2.05, 4.69) is 4.98 Å². The van der Waals surface area contributed by atoms with Gasteiger partial charge in [0.05, 0.1) is 11.2 Å². The average molecular weight is 278 g/mol. The van der Waals surface area contributed by atoms with Crippen LogP contribution < -0.4 is 4.90 Å². The molecule has 1 aliphatic rings. The molecule has 20 heavy (non-hydrogen) atoms. The van der Waals surface area contributed by atoms with Crippen LogP contribution in [0.1, 0.15) is 49.2 Å². The predicted octanol–water partition coefficient (Wildman–Crippen LogP) is 2.08. The third kappa shape index (κ3) is 3.48. The number of rotatable bonds is 4. The zero-order chi connectivity index (χ0) is 14.8. The third-order valence-corrected chi connectivity index (χ3v) is 3.62. The number of β-amino-alcohol motifs (C(OH)–C–C–N with tert-alkyl or cyclic N) is 1. The molecule has 5 heteroatoms. The van der Waals surface area contributed by atoms with Gasteiger partial charge < -0.3 is 15.1 Å². The number of carboxylic acid groups (broad SMARTS) is 1. The average Bonchev–Trinajstić information content (AvgIpc) is 2.37. The van der Waals surface area contributed by atoms with Gasteiger partial charge in [-0.25, -0.2) is 9.78 Å². The summed E-state index contributed by atoms with van der Waals surface area (Å²) in [4.78, 5) is 17.8. The smallest absolute Gasteiger partial charge is 0.335 e. The maximum atomic E-state index is 11.2. The van der Waals surface area contributed by atoms with Crippen LogP contribution in [-0.4, -0.2) is 39.9 Å². The Morgan fingerprint density at radius 1 is 1.50 bits per heavy atom. The molecule has 0 aromatic carbocycles. The lowest BCUT2D eigenvalue weighted by Gasteiger charge is -2.37. The molecular formula is C15H22N2O3. The summed E-state index contributed by atoms with van der Waals surface area (Å²) in [6.45, 7) is 5.15. The standard InChI is InChI=1S/C15H22N2O3/c1-3-5-12-8-11(14(18)19)9-13(16-12)17-7-4-6-15(2,20)10-17/h8-9,20H,3-7,10H2,1-2H3,(H,18,19). The van der Waals surface area contributed by atoms with Gasteiger partial charge in [-0.1, -0.05) is 13.3 Å². The molecule has 1 aliphatic heterocycles. The number of hydrogen-bond acceptors (Lipinski definition) is 4. The van der Waals surface area contributed by atoms with Crippen LogP contribution in [0, 0.1) is 0 Å². The Hall–Kier alpha value is -1.62. The lowest BCUT2D eigenvalue weighted by Crippen LogP contribution is -2.46. The maximum absolute atomic E-state index is 11.2. The molecule has 1 unspecified atom stereocenters. The van der Waals surface area contributed by atoms with E-state index in [0.29, 0.717) is 12.4 Å². The molecule has 1 atom stereocenters. The first-order chi connectivity index (χ1) is 9.41. The van der Waals surface area contributed by atoms with Crippen molar-refractivity contribution in [2.24, 2.45) is 0 Å². The van der Waals surface area contributed by atoms with E-state index in [4.69, 9.17) is 0 Å². The number of carbonyl (C=O) groups is 1. The number of hydrogen-bond donors (Lipinski definition) is 2. The van der Waals surface area contributed by atoms with Gasteiger partial charge in [-0.3, -0.25) is 0 Å². The minimum atomic E-state index is -0.935. The van der Waals surface area contributed by atoms with Gasteiger partial charge in [-0.15, -0.1) is 0 Å². The largest absolute Gasteiger partial charge is 0.478 e. The molecule has 1 aromatic rings. The van der Waals surface area contributed by atoms with Crippen LogP contribution in [0.25, 0.3) is 0 Å². The van der Waals surface area contributed by atoms with E-state index < -0.39 is 11.6 Å². The monoisotopic (exact) mass is 278 g/mol. The molecule has 1 saturated heterocycles. The lowest BCUT2D eigenvalue weighted by molar-refractivity contribution is 0.0447. The topological polar surface area (TPSA) is 73.7 Å². The molecule has 2 heterocycles. The van der Waals surface area contributed by atoms with E-state index >= 15 is 0 Å². The minimum Gasteiger partial charge on any atom is -0.478 e. The summed E-state index contributed by atoms with van der Waals surface area (Å²) < 4.78 is 0. The molecule has 2 N–H and O–H groups in total.